The van der Waals surface area contributed by atoms with Crippen LogP contribution < -0.4 is 20.7 Å². The van der Waals surface area contributed by atoms with Crippen molar-refractivity contribution < 1.29 is 0 Å². The summed E-state index contributed by atoms with van der Waals surface area (Å²) in [4.78, 5) is 5.64. The molecule has 0 bridgehead atoms. The number of nitriles is 2. The quantitative estimate of drug-likeness (QED) is 0.147. The van der Waals surface area contributed by atoms with Crippen LogP contribution in [-0.4, -0.2) is 11.8 Å². The molecule has 0 aromatic heterocycles. The van der Waals surface area contributed by atoms with Gasteiger partial charge < -0.3 is 0 Å². The van der Waals surface area contributed by atoms with Crippen molar-refractivity contribution in [3.8, 4) is 23.3 Å². The molecule has 0 aliphatic carbocycles. The fraction of sp³-hybridized carbons (Fsp3) is 0. The first-order valence-electron chi connectivity index (χ1n) is 15.2. The van der Waals surface area contributed by atoms with Crippen LogP contribution in [0.2, 0.25) is 0 Å². The van der Waals surface area contributed by atoms with Gasteiger partial charge in [0.05, 0.1) is 0 Å². The van der Waals surface area contributed by atoms with Gasteiger partial charge in [-0.05, 0) is 0 Å². The number of halogens is 1. The first-order valence-corrected chi connectivity index (χ1v) is 20.4. The van der Waals surface area contributed by atoms with Crippen molar-refractivity contribution in [2.75, 3.05) is 0 Å². The molecule has 0 unspecified atom stereocenters. The number of hydrogen-bond acceptors (Lipinski definition) is 3. The zero-order chi connectivity index (χ0) is 30.8. The number of aliphatic imine (C=N–C) groups is 1. The van der Waals surface area contributed by atoms with E-state index in [9.17, 15) is 10.5 Å². The summed E-state index contributed by atoms with van der Waals surface area (Å²) >= 11 is -2.37. The summed E-state index contributed by atoms with van der Waals surface area (Å²) in [6, 6.07) is 56.6. The van der Waals surface area contributed by atoms with Gasteiger partial charge in [0.1, 0.15) is 0 Å². The van der Waals surface area contributed by atoms with Crippen molar-refractivity contribution in [1.29, 1.82) is 10.5 Å². The van der Waals surface area contributed by atoms with Gasteiger partial charge in [0.15, 0.2) is 0 Å². The summed E-state index contributed by atoms with van der Waals surface area (Å²) in [7, 11) is -3.03. The van der Waals surface area contributed by atoms with Crippen molar-refractivity contribution in [3.05, 3.63) is 177 Å². The van der Waals surface area contributed by atoms with E-state index in [1.807, 2.05) is 12.1 Å². The van der Waals surface area contributed by atoms with Gasteiger partial charge in [-0.1, -0.05) is 0 Å². The second-order valence-corrected chi connectivity index (χ2v) is 20.2. The van der Waals surface area contributed by atoms with Gasteiger partial charge in [0.25, 0.3) is 0 Å². The van der Waals surface area contributed by atoms with Crippen LogP contribution in [0.3, 0.4) is 0 Å². The Labute approximate surface area is 275 Å². The summed E-state index contributed by atoms with van der Waals surface area (Å²) in [5, 5.41) is 25.6. The maximum absolute atomic E-state index is 10.3. The molecule has 5 heteroatoms. The Balaban J connectivity index is 1.49. The maximum atomic E-state index is 10.3. The van der Waals surface area contributed by atoms with E-state index in [-0.39, 0.29) is 0 Å². The van der Waals surface area contributed by atoms with E-state index < -0.39 is 27.9 Å². The molecule has 0 radical (unpaired) electrons. The van der Waals surface area contributed by atoms with Gasteiger partial charge in [0, 0.05) is 0 Å². The summed E-state index contributed by atoms with van der Waals surface area (Å²) in [5.74, 6) is 0. The Morgan fingerprint density at radius 3 is 1.63 bits per heavy atom. The molecule has 9 rings (SSSR count). The summed E-state index contributed by atoms with van der Waals surface area (Å²) < 4.78 is 3.80. The van der Waals surface area contributed by atoms with Crippen molar-refractivity contribution in [2.24, 2.45) is 4.99 Å². The number of benzene rings is 6. The van der Waals surface area contributed by atoms with Gasteiger partial charge in [-0.3, -0.25) is 0 Å². The predicted octanol–water partition coefficient (Wildman–Crippen LogP) is 6.76. The van der Waals surface area contributed by atoms with E-state index in [2.05, 4.69) is 146 Å². The summed E-state index contributed by atoms with van der Waals surface area (Å²) in [6.45, 7) is 0. The van der Waals surface area contributed by atoms with Gasteiger partial charge >= 0.3 is 277 Å². The minimum atomic E-state index is -3.03. The summed E-state index contributed by atoms with van der Waals surface area (Å²) in [5.41, 5.74) is 8.23. The minimum absolute atomic E-state index is 0.637. The van der Waals surface area contributed by atoms with Gasteiger partial charge in [-0.15, -0.1) is 0 Å². The zero-order valence-corrected chi connectivity index (χ0v) is 27.7. The van der Waals surface area contributed by atoms with Gasteiger partial charge in [0.2, 0.25) is 0 Å². The van der Waals surface area contributed by atoms with Crippen LogP contribution in [-0.2, 0) is 0 Å². The fourth-order valence-electron chi connectivity index (χ4n) is 7.49. The summed E-state index contributed by atoms with van der Waals surface area (Å²) in [6.07, 6.45) is 0. The molecule has 3 aliphatic heterocycles. The first-order chi connectivity index (χ1) is 22.7. The first kappa shape index (κ1) is 27.0. The molecule has 0 N–H and O–H groups in total. The third-order valence-electron chi connectivity index (χ3n) is 9.30. The van der Waals surface area contributed by atoms with E-state index in [0.717, 1.165) is 20.5 Å². The molecule has 0 saturated heterocycles. The third kappa shape index (κ3) is 3.64. The van der Waals surface area contributed by atoms with Crippen LogP contribution in [0.5, 0.6) is 0 Å². The molecule has 6 aromatic rings. The molecule has 0 atom stereocenters. The Morgan fingerprint density at radius 1 is 0.500 bits per heavy atom. The van der Waals surface area contributed by atoms with E-state index in [1.165, 1.54) is 44.6 Å². The van der Waals surface area contributed by atoms with E-state index in [4.69, 9.17) is 4.99 Å². The Hall–Kier alpha value is -5.34. The molecule has 3 aliphatic rings. The molecular weight excluding hydrogens is 689 g/mol. The SMILES string of the molecule is N#Cc1ccc2c(c1)[Si]1(c3cc(C#N)ccc3C3=C2N=C(c2ccccc2)I3c2ccccc2)c2ccccc2-c2ccccc21. The predicted molar refractivity (Wildman–Crippen MR) is 197 cm³/mol. The zero-order valence-electron chi connectivity index (χ0n) is 24.6. The van der Waals surface area contributed by atoms with Crippen LogP contribution in [0.1, 0.15) is 27.8 Å². The normalized spacial score (nSPS) is 15.4. The molecule has 3 nitrogen and oxygen atoms in total. The van der Waals surface area contributed by atoms with E-state index >= 15 is 0 Å². The standard InChI is InChI=1S/C41H24IN3Si/c43-25-27-19-21-33-37(23-27)46(35-17-9-7-15-31(35)32-16-8-10-18-36(32)46)38-24-28(26-44)20-22-34(38)40-39(33)42(30-13-5-2-6-14-30)41(45-40)29-11-3-1-4-12-29/h1-24H. The molecule has 46 heavy (non-hydrogen) atoms. The van der Waals surface area contributed by atoms with Crippen molar-refractivity contribution in [3.63, 3.8) is 0 Å². The Bertz CT molecular complexity index is 2350. The Morgan fingerprint density at radius 2 is 1.02 bits per heavy atom. The second kappa shape index (κ2) is 10.4. The van der Waals surface area contributed by atoms with Crippen LogP contribution in [0.25, 0.3) is 20.4 Å². The molecule has 0 amide bonds. The molecule has 3 heterocycles. The molecule has 214 valence electrons. The number of hydrogen-bond donors (Lipinski definition) is 0. The van der Waals surface area contributed by atoms with Crippen molar-refractivity contribution in [2.45, 2.75) is 0 Å². The number of fused-ring (bicyclic) bond motifs is 11. The average molecular weight is 714 g/mol. The van der Waals surface area contributed by atoms with Gasteiger partial charge in [-0.2, -0.15) is 0 Å². The molecule has 1 spiro atoms. The topological polar surface area (TPSA) is 59.9 Å². The average Bonchev–Trinajstić information content (AvgIpc) is 3.64. The Kier molecular flexibility index (Phi) is 6.08. The second-order valence-electron chi connectivity index (χ2n) is 11.6. The van der Waals surface area contributed by atoms with Crippen LogP contribution >= 0.6 is 19.8 Å². The molecule has 0 fully saturated rings. The number of rotatable bonds is 2. The van der Waals surface area contributed by atoms with Crippen molar-refractivity contribution >= 4 is 61.6 Å². The van der Waals surface area contributed by atoms with Gasteiger partial charge in [-0.25, -0.2) is 0 Å². The monoisotopic (exact) mass is 713 g/mol. The molecule has 0 saturated carbocycles. The van der Waals surface area contributed by atoms with Crippen LogP contribution in [0.4, 0.5) is 0 Å². The van der Waals surface area contributed by atoms with Crippen molar-refractivity contribution in [1.82, 2.24) is 0 Å². The fourth-order valence-corrected chi connectivity index (χ4v) is 19.7. The van der Waals surface area contributed by atoms with Crippen LogP contribution in [0, 0.1) is 26.2 Å². The molecule has 6 aromatic carbocycles. The van der Waals surface area contributed by atoms with E-state index in [1.54, 1.807) is 0 Å². The third-order valence-corrected chi connectivity index (χ3v) is 20.3. The number of nitrogens with zero attached hydrogens (tertiary/aromatic N) is 3. The van der Waals surface area contributed by atoms with E-state index in [0.29, 0.717) is 11.1 Å². The van der Waals surface area contributed by atoms with Crippen LogP contribution in [0.15, 0.2) is 151 Å². The molecular formula is C41H24IN3Si.